The topological polar surface area (TPSA) is 59.2 Å². The third-order valence-electron chi connectivity index (χ3n) is 2.27. The van der Waals surface area contributed by atoms with Crippen molar-refractivity contribution in [2.75, 3.05) is 6.61 Å². The van der Waals surface area contributed by atoms with Crippen LogP contribution < -0.4 is 0 Å². The molecule has 84 valence electrons. The van der Waals surface area contributed by atoms with Crippen molar-refractivity contribution in [3.8, 4) is 0 Å². The molecular weight excluding hydrogens is 204 g/mol. The van der Waals surface area contributed by atoms with Gasteiger partial charge in [0.25, 0.3) is 0 Å². The fourth-order valence-electron chi connectivity index (χ4n) is 1.55. The Labute approximate surface area is 93.9 Å². The molecule has 0 aliphatic carbocycles. The average Bonchev–Trinajstić information content (AvgIpc) is 2.66. The second-order valence-electron chi connectivity index (χ2n) is 3.73. The van der Waals surface area contributed by atoms with Crippen LogP contribution in [0.3, 0.4) is 0 Å². The summed E-state index contributed by atoms with van der Waals surface area (Å²) in [6.07, 6.45) is 1.06. The Morgan fingerprint density at radius 2 is 2.06 bits per heavy atom. The third kappa shape index (κ3) is 2.67. The van der Waals surface area contributed by atoms with E-state index < -0.39 is 0 Å². The predicted molar refractivity (Wildman–Crippen MR) is 59.1 cm³/mol. The van der Waals surface area contributed by atoms with Crippen LogP contribution >= 0.6 is 0 Å². The lowest BCUT2D eigenvalue weighted by Gasteiger charge is -1.98. The number of aliphatic hydroxyl groups is 1. The molecule has 0 aliphatic heterocycles. The van der Waals surface area contributed by atoms with E-state index in [4.69, 9.17) is 9.52 Å². The zero-order valence-electron chi connectivity index (χ0n) is 9.18. The molecule has 1 N–H and O–H groups in total. The van der Waals surface area contributed by atoms with Gasteiger partial charge in [0.2, 0.25) is 11.8 Å². The minimum atomic E-state index is 0.0338. The Bertz CT molecular complexity index is 466. The van der Waals surface area contributed by atoms with Crippen LogP contribution in [-0.2, 0) is 12.8 Å². The van der Waals surface area contributed by atoms with Crippen molar-refractivity contribution in [1.29, 1.82) is 0 Å². The van der Waals surface area contributed by atoms with Gasteiger partial charge >= 0.3 is 0 Å². The molecule has 0 aliphatic rings. The van der Waals surface area contributed by atoms with E-state index in [2.05, 4.69) is 29.3 Å². The molecule has 4 heteroatoms. The highest BCUT2D eigenvalue weighted by Gasteiger charge is 2.06. The zero-order valence-corrected chi connectivity index (χ0v) is 9.18. The SMILES string of the molecule is Cc1cccc(Cc2nnc(CCO)o2)c1. The first kappa shape index (κ1) is 10.8. The first-order valence-electron chi connectivity index (χ1n) is 5.25. The van der Waals surface area contributed by atoms with E-state index in [1.54, 1.807) is 0 Å². The van der Waals surface area contributed by atoms with Gasteiger partial charge in [0.05, 0.1) is 13.0 Å². The smallest absolute Gasteiger partial charge is 0.220 e. The van der Waals surface area contributed by atoms with Gasteiger partial charge in [-0.2, -0.15) is 0 Å². The van der Waals surface area contributed by atoms with E-state index >= 15 is 0 Å². The van der Waals surface area contributed by atoms with Gasteiger partial charge in [0, 0.05) is 6.42 Å². The van der Waals surface area contributed by atoms with Gasteiger partial charge in [0.1, 0.15) is 0 Å². The summed E-state index contributed by atoms with van der Waals surface area (Å²) < 4.78 is 5.39. The zero-order chi connectivity index (χ0) is 11.4. The van der Waals surface area contributed by atoms with Gasteiger partial charge in [-0.1, -0.05) is 29.8 Å². The number of hydrogen-bond donors (Lipinski definition) is 1. The maximum atomic E-state index is 8.73. The molecule has 1 aromatic heterocycles. The van der Waals surface area contributed by atoms with Gasteiger partial charge in [-0.3, -0.25) is 0 Å². The Balaban J connectivity index is 2.08. The first-order valence-corrected chi connectivity index (χ1v) is 5.25. The molecule has 0 atom stereocenters. The fourth-order valence-corrected chi connectivity index (χ4v) is 1.55. The molecular formula is C12H14N2O2. The molecule has 0 saturated heterocycles. The van der Waals surface area contributed by atoms with E-state index in [0.717, 1.165) is 5.56 Å². The number of aryl methyl sites for hydroxylation is 1. The summed E-state index contributed by atoms with van der Waals surface area (Å²) in [7, 11) is 0. The highest BCUT2D eigenvalue weighted by molar-refractivity contribution is 5.24. The van der Waals surface area contributed by atoms with E-state index in [9.17, 15) is 0 Å². The van der Waals surface area contributed by atoms with Crippen molar-refractivity contribution in [1.82, 2.24) is 10.2 Å². The second-order valence-corrected chi connectivity index (χ2v) is 3.73. The largest absolute Gasteiger partial charge is 0.425 e. The number of rotatable bonds is 4. The highest BCUT2D eigenvalue weighted by Crippen LogP contribution is 2.10. The fraction of sp³-hybridized carbons (Fsp3) is 0.333. The normalized spacial score (nSPS) is 10.6. The van der Waals surface area contributed by atoms with Crippen LogP contribution in [0, 0.1) is 6.92 Å². The van der Waals surface area contributed by atoms with E-state index in [0.29, 0.717) is 24.6 Å². The Kier molecular flexibility index (Phi) is 3.31. The maximum absolute atomic E-state index is 8.73. The molecule has 4 nitrogen and oxygen atoms in total. The van der Waals surface area contributed by atoms with Gasteiger partial charge in [0.15, 0.2) is 0 Å². The molecule has 0 amide bonds. The summed E-state index contributed by atoms with van der Waals surface area (Å²) in [5.74, 6) is 1.08. The van der Waals surface area contributed by atoms with Crippen LogP contribution in [0.5, 0.6) is 0 Å². The average molecular weight is 218 g/mol. The van der Waals surface area contributed by atoms with E-state index in [-0.39, 0.29) is 6.61 Å². The van der Waals surface area contributed by atoms with Crippen molar-refractivity contribution in [2.24, 2.45) is 0 Å². The molecule has 0 fully saturated rings. The Morgan fingerprint density at radius 3 is 2.81 bits per heavy atom. The summed E-state index contributed by atoms with van der Waals surface area (Å²) >= 11 is 0. The quantitative estimate of drug-likeness (QED) is 0.845. The lowest BCUT2D eigenvalue weighted by atomic mass is 10.1. The van der Waals surface area contributed by atoms with Crippen LogP contribution in [0.2, 0.25) is 0 Å². The first-order chi connectivity index (χ1) is 7.78. The third-order valence-corrected chi connectivity index (χ3v) is 2.27. The van der Waals surface area contributed by atoms with Crippen LogP contribution in [-0.4, -0.2) is 21.9 Å². The van der Waals surface area contributed by atoms with Crippen molar-refractivity contribution >= 4 is 0 Å². The molecule has 2 aromatic rings. The van der Waals surface area contributed by atoms with E-state index in [1.165, 1.54) is 5.56 Å². The predicted octanol–water partition coefficient (Wildman–Crippen LogP) is 1.50. The summed E-state index contributed by atoms with van der Waals surface area (Å²) in [6, 6.07) is 8.18. The van der Waals surface area contributed by atoms with Gasteiger partial charge in [-0.15, -0.1) is 10.2 Å². The Hall–Kier alpha value is -1.68. The van der Waals surface area contributed by atoms with Crippen molar-refractivity contribution in [2.45, 2.75) is 19.8 Å². The highest BCUT2D eigenvalue weighted by atomic mass is 16.4. The Morgan fingerprint density at radius 1 is 1.25 bits per heavy atom. The molecule has 2 rings (SSSR count). The molecule has 1 aromatic carbocycles. The summed E-state index contributed by atoms with van der Waals surface area (Å²) in [6.45, 7) is 2.08. The van der Waals surface area contributed by atoms with Crippen LogP contribution in [0.4, 0.5) is 0 Å². The van der Waals surface area contributed by atoms with Gasteiger partial charge in [-0.25, -0.2) is 0 Å². The van der Waals surface area contributed by atoms with Crippen molar-refractivity contribution in [3.63, 3.8) is 0 Å². The summed E-state index contributed by atoms with van der Waals surface area (Å²) in [4.78, 5) is 0. The minimum Gasteiger partial charge on any atom is -0.425 e. The molecule has 0 spiro atoms. The number of nitrogens with zero attached hydrogens (tertiary/aromatic N) is 2. The number of aromatic nitrogens is 2. The molecule has 16 heavy (non-hydrogen) atoms. The summed E-state index contributed by atoms with van der Waals surface area (Å²) in [5, 5.41) is 16.5. The standard InChI is InChI=1S/C12H14N2O2/c1-9-3-2-4-10(7-9)8-12-14-13-11(16-12)5-6-15/h2-4,7,15H,5-6,8H2,1H3. The van der Waals surface area contributed by atoms with Gasteiger partial charge < -0.3 is 9.52 Å². The van der Waals surface area contributed by atoms with Crippen LogP contribution in [0.1, 0.15) is 22.9 Å². The van der Waals surface area contributed by atoms with Crippen molar-refractivity contribution < 1.29 is 9.52 Å². The van der Waals surface area contributed by atoms with Gasteiger partial charge in [-0.05, 0) is 12.5 Å². The number of benzene rings is 1. The lowest BCUT2D eigenvalue weighted by Crippen LogP contribution is -1.89. The minimum absolute atomic E-state index is 0.0338. The molecule has 0 bridgehead atoms. The van der Waals surface area contributed by atoms with Crippen molar-refractivity contribution in [3.05, 3.63) is 47.2 Å². The van der Waals surface area contributed by atoms with E-state index in [1.807, 2.05) is 12.1 Å². The lowest BCUT2D eigenvalue weighted by molar-refractivity contribution is 0.283. The maximum Gasteiger partial charge on any atom is 0.220 e. The summed E-state index contributed by atoms with van der Waals surface area (Å²) in [5.41, 5.74) is 2.37. The number of hydrogen-bond acceptors (Lipinski definition) is 4. The molecule has 0 unspecified atom stereocenters. The second kappa shape index (κ2) is 4.90. The van der Waals surface area contributed by atoms with Crippen LogP contribution in [0.15, 0.2) is 28.7 Å². The molecule has 0 radical (unpaired) electrons. The molecule has 1 heterocycles. The monoisotopic (exact) mass is 218 g/mol. The molecule has 0 saturated carbocycles. The van der Waals surface area contributed by atoms with Crippen LogP contribution in [0.25, 0.3) is 0 Å². The number of aliphatic hydroxyl groups excluding tert-OH is 1.